The second kappa shape index (κ2) is 5.70. The molecule has 1 heterocycles. The van der Waals surface area contributed by atoms with E-state index in [1.807, 2.05) is 37.3 Å². The first-order chi connectivity index (χ1) is 10.2. The van der Waals surface area contributed by atoms with Crippen LogP contribution in [0.25, 0.3) is 10.9 Å². The molecule has 0 aliphatic heterocycles. The molecule has 0 atom stereocenters. The monoisotopic (exact) mass is 299 g/mol. The summed E-state index contributed by atoms with van der Waals surface area (Å²) in [5.41, 5.74) is 4.47. The summed E-state index contributed by atoms with van der Waals surface area (Å²) >= 11 is 6.30. The predicted octanol–water partition coefficient (Wildman–Crippen LogP) is 4.50. The van der Waals surface area contributed by atoms with Gasteiger partial charge >= 0.3 is 0 Å². The van der Waals surface area contributed by atoms with Gasteiger partial charge in [-0.1, -0.05) is 35.9 Å². The Morgan fingerprint density at radius 2 is 1.90 bits per heavy atom. The van der Waals surface area contributed by atoms with E-state index in [0.717, 1.165) is 22.9 Å². The number of anilines is 2. The molecule has 0 aliphatic rings. The lowest BCUT2D eigenvalue weighted by atomic mass is 10.1. The second-order valence-corrected chi connectivity index (χ2v) is 5.65. The molecule has 1 aromatic heterocycles. The molecule has 0 spiro atoms. The van der Waals surface area contributed by atoms with Crippen LogP contribution in [0.15, 0.2) is 48.7 Å². The minimum absolute atomic E-state index is 0.749. The van der Waals surface area contributed by atoms with E-state index in [1.165, 1.54) is 16.5 Å². The van der Waals surface area contributed by atoms with Crippen LogP contribution in [-0.4, -0.2) is 19.1 Å². The van der Waals surface area contributed by atoms with Crippen molar-refractivity contribution < 1.29 is 0 Å². The van der Waals surface area contributed by atoms with E-state index >= 15 is 0 Å². The van der Waals surface area contributed by atoms with Gasteiger partial charge in [0.05, 0.1) is 21.9 Å². The van der Waals surface area contributed by atoms with Crippen molar-refractivity contribution in [3.05, 3.63) is 59.2 Å². The molecule has 108 valence electrons. The van der Waals surface area contributed by atoms with Gasteiger partial charge in [-0.2, -0.15) is 0 Å². The SMILES string of the molecule is CN(C)c1c(Cl)cccc1NCc1cccc2cc[nH]c12. The molecule has 2 N–H and O–H groups in total. The van der Waals surface area contributed by atoms with Gasteiger partial charge in [0.1, 0.15) is 0 Å². The average Bonchev–Trinajstić information content (AvgIpc) is 2.93. The van der Waals surface area contributed by atoms with Crippen molar-refractivity contribution >= 4 is 33.9 Å². The highest BCUT2D eigenvalue weighted by atomic mass is 35.5. The molecule has 3 rings (SSSR count). The van der Waals surface area contributed by atoms with Crippen LogP contribution in [0, 0.1) is 0 Å². The first kappa shape index (κ1) is 13.8. The molecule has 2 aromatic carbocycles. The number of nitrogens with one attached hydrogen (secondary N) is 2. The summed E-state index contributed by atoms with van der Waals surface area (Å²) in [6, 6.07) is 14.3. The van der Waals surface area contributed by atoms with E-state index in [4.69, 9.17) is 11.6 Å². The minimum atomic E-state index is 0.749. The first-order valence-electron chi connectivity index (χ1n) is 6.91. The molecule has 4 heteroatoms. The van der Waals surface area contributed by atoms with E-state index in [2.05, 4.69) is 40.6 Å². The Labute approximate surface area is 129 Å². The molecule has 0 fully saturated rings. The summed E-state index contributed by atoms with van der Waals surface area (Å²) in [5.74, 6) is 0. The van der Waals surface area contributed by atoms with Crippen LogP contribution in [0.3, 0.4) is 0 Å². The lowest BCUT2D eigenvalue weighted by Gasteiger charge is -2.20. The van der Waals surface area contributed by atoms with Crippen LogP contribution >= 0.6 is 11.6 Å². The smallest absolute Gasteiger partial charge is 0.0786 e. The number of hydrogen-bond acceptors (Lipinski definition) is 2. The summed E-state index contributed by atoms with van der Waals surface area (Å²) in [4.78, 5) is 5.32. The maximum atomic E-state index is 6.30. The zero-order valence-electron chi connectivity index (χ0n) is 12.2. The Kier molecular flexibility index (Phi) is 3.76. The van der Waals surface area contributed by atoms with Gasteiger partial charge in [-0.25, -0.2) is 0 Å². The first-order valence-corrected chi connectivity index (χ1v) is 7.29. The number of fused-ring (bicyclic) bond motifs is 1. The third kappa shape index (κ3) is 2.69. The number of nitrogens with zero attached hydrogens (tertiary/aromatic N) is 1. The fourth-order valence-electron chi connectivity index (χ4n) is 2.60. The van der Waals surface area contributed by atoms with Crippen molar-refractivity contribution in [3.8, 4) is 0 Å². The topological polar surface area (TPSA) is 31.1 Å². The summed E-state index contributed by atoms with van der Waals surface area (Å²) in [6.07, 6.45) is 1.97. The Bertz CT molecular complexity index is 762. The number of rotatable bonds is 4. The number of benzene rings is 2. The van der Waals surface area contributed by atoms with Crippen molar-refractivity contribution in [2.45, 2.75) is 6.54 Å². The summed E-state index contributed by atoms with van der Waals surface area (Å²) < 4.78 is 0. The molecular formula is C17H18ClN3. The lowest BCUT2D eigenvalue weighted by molar-refractivity contribution is 1.10. The molecular weight excluding hydrogens is 282 g/mol. The predicted molar refractivity (Wildman–Crippen MR) is 91.4 cm³/mol. The van der Waals surface area contributed by atoms with Gasteiger partial charge in [0.15, 0.2) is 0 Å². The molecule has 0 radical (unpaired) electrons. The van der Waals surface area contributed by atoms with Gasteiger partial charge in [0.25, 0.3) is 0 Å². The number of aromatic nitrogens is 1. The normalized spacial score (nSPS) is 10.8. The van der Waals surface area contributed by atoms with Crippen LogP contribution < -0.4 is 10.2 Å². The lowest BCUT2D eigenvalue weighted by Crippen LogP contribution is -2.12. The highest BCUT2D eigenvalue weighted by Gasteiger charge is 2.09. The molecule has 0 aliphatic carbocycles. The maximum absolute atomic E-state index is 6.30. The third-order valence-corrected chi connectivity index (χ3v) is 3.88. The van der Waals surface area contributed by atoms with Crippen molar-refractivity contribution in [3.63, 3.8) is 0 Å². The minimum Gasteiger partial charge on any atom is -0.379 e. The van der Waals surface area contributed by atoms with Crippen LogP contribution in [0.5, 0.6) is 0 Å². The van der Waals surface area contributed by atoms with E-state index in [0.29, 0.717) is 0 Å². The number of H-pyrrole nitrogens is 1. The Morgan fingerprint density at radius 3 is 2.71 bits per heavy atom. The summed E-state index contributed by atoms with van der Waals surface area (Å²) in [7, 11) is 4.00. The van der Waals surface area contributed by atoms with Crippen LogP contribution in [0.2, 0.25) is 5.02 Å². The number of halogens is 1. The Balaban J connectivity index is 1.89. The van der Waals surface area contributed by atoms with Gasteiger partial charge in [0.2, 0.25) is 0 Å². The van der Waals surface area contributed by atoms with Gasteiger partial charge in [-0.15, -0.1) is 0 Å². The Hall–Kier alpha value is -2.13. The highest BCUT2D eigenvalue weighted by molar-refractivity contribution is 6.34. The third-order valence-electron chi connectivity index (χ3n) is 3.58. The van der Waals surface area contributed by atoms with Crippen molar-refractivity contribution in [2.24, 2.45) is 0 Å². The molecule has 0 saturated heterocycles. The van der Waals surface area contributed by atoms with Gasteiger partial charge in [0, 0.05) is 26.8 Å². The zero-order chi connectivity index (χ0) is 14.8. The fourth-order valence-corrected chi connectivity index (χ4v) is 2.94. The molecule has 0 unspecified atom stereocenters. The zero-order valence-corrected chi connectivity index (χ0v) is 12.9. The van der Waals surface area contributed by atoms with E-state index < -0.39 is 0 Å². The standard InChI is InChI=1S/C17H18ClN3/c1-21(2)17-14(18)7-4-8-15(17)20-11-13-6-3-5-12-9-10-19-16(12)13/h3-10,19-20H,11H2,1-2H3. The number of aromatic amines is 1. The largest absolute Gasteiger partial charge is 0.379 e. The molecule has 3 aromatic rings. The van der Waals surface area contributed by atoms with Crippen LogP contribution in [0.1, 0.15) is 5.56 Å². The molecule has 0 amide bonds. The van der Waals surface area contributed by atoms with E-state index in [-0.39, 0.29) is 0 Å². The van der Waals surface area contributed by atoms with Crippen LogP contribution in [-0.2, 0) is 6.54 Å². The van der Waals surface area contributed by atoms with Crippen molar-refractivity contribution in [1.29, 1.82) is 0 Å². The quantitative estimate of drug-likeness (QED) is 0.743. The van der Waals surface area contributed by atoms with Crippen molar-refractivity contribution in [1.82, 2.24) is 4.98 Å². The number of hydrogen-bond donors (Lipinski definition) is 2. The second-order valence-electron chi connectivity index (χ2n) is 5.24. The number of para-hydroxylation sites is 2. The molecule has 0 bridgehead atoms. The van der Waals surface area contributed by atoms with Crippen molar-refractivity contribution in [2.75, 3.05) is 24.3 Å². The molecule has 0 saturated carbocycles. The van der Waals surface area contributed by atoms with Gasteiger partial charge < -0.3 is 15.2 Å². The van der Waals surface area contributed by atoms with E-state index in [9.17, 15) is 0 Å². The van der Waals surface area contributed by atoms with Crippen LogP contribution in [0.4, 0.5) is 11.4 Å². The fraction of sp³-hybridized carbons (Fsp3) is 0.176. The average molecular weight is 300 g/mol. The molecule has 21 heavy (non-hydrogen) atoms. The summed E-state index contributed by atoms with van der Waals surface area (Å²) in [5, 5.41) is 5.47. The van der Waals surface area contributed by atoms with E-state index in [1.54, 1.807) is 0 Å². The van der Waals surface area contributed by atoms with Gasteiger partial charge in [-0.05, 0) is 29.1 Å². The summed E-state index contributed by atoms with van der Waals surface area (Å²) in [6.45, 7) is 0.749. The molecule has 3 nitrogen and oxygen atoms in total. The Morgan fingerprint density at radius 1 is 1.10 bits per heavy atom. The van der Waals surface area contributed by atoms with Gasteiger partial charge in [-0.3, -0.25) is 0 Å². The highest BCUT2D eigenvalue weighted by Crippen LogP contribution is 2.33. The maximum Gasteiger partial charge on any atom is 0.0786 e.